The topological polar surface area (TPSA) is 37.0 Å². The van der Waals surface area contributed by atoms with Crippen LogP contribution in [0.5, 0.6) is 0 Å². The number of hydrogen-bond donors (Lipinski definition) is 2. The molecular formula is C12H21N3S. The molecule has 0 spiro atoms. The number of aryl methyl sites for hydroxylation is 1. The molecule has 2 N–H and O–H groups in total. The molecule has 2 rings (SSSR count). The van der Waals surface area contributed by atoms with Crippen LogP contribution in [0.1, 0.15) is 36.9 Å². The van der Waals surface area contributed by atoms with Gasteiger partial charge >= 0.3 is 0 Å². The number of thiazole rings is 1. The van der Waals surface area contributed by atoms with Gasteiger partial charge in [-0.05, 0) is 39.7 Å². The van der Waals surface area contributed by atoms with Crippen molar-refractivity contribution >= 4 is 11.3 Å². The molecule has 2 unspecified atom stereocenters. The van der Waals surface area contributed by atoms with Gasteiger partial charge in [0.15, 0.2) is 0 Å². The normalized spacial score (nSPS) is 22.5. The highest BCUT2D eigenvalue weighted by molar-refractivity contribution is 7.09. The Labute approximate surface area is 102 Å². The van der Waals surface area contributed by atoms with Crippen molar-refractivity contribution in [2.75, 3.05) is 6.54 Å². The third-order valence-electron chi connectivity index (χ3n) is 3.07. The number of nitrogens with zero attached hydrogens (tertiary/aromatic N) is 1. The van der Waals surface area contributed by atoms with Crippen molar-refractivity contribution in [2.24, 2.45) is 0 Å². The maximum atomic E-state index is 4.45. The lowest BCUT2D eigenvalue weighted by atomic mass is 10.1. The second kappa shape index (κ2) is 5.75. The molecule has 0 bridgehead atoms. The summed E-state index contributed by atoms with van der Waals surface area (Å²) in [7, 11) is 0. The van der Waals surface area contributed by atoms with E-state index in [9.17, 15) is 0 Å². The van der Waals surface area contributed by atoms with E-state index >= 15 is 0 Å². The maximum Gasteiger partial charge on any atom is 0.107 e. The van der Waals surface area contributed by atoms with E-state index in [-0.39, 0.29) is 0 Å². The molecule has 0 saturated carbocycles. The zero-order chi connectivity index (χ0) is 11.4. The van der Waals surface area contributed by atoms with E-state index in [4.69, 9.17) is 0 Å². The predicted molar refractivity (Wildman–Crippen MR) is 68.8 cm³/mol. The van der Waals surface area contributed by atoms with Crippen LogP contribution in [0, 0.1) is 6.92 Å². The van der Waals surface area contributed by atoms with Crippen LogP contribution >= 0.6 is 11.3 Å². The summed E-state index contributed by atoms with van der Waals surface area (Å²) >= 11 is 1.75. The zero-order valence-electron chi connectivity index (χ0n) is 10.1. The molecule has 2 atom stereocenters. The first-order valence-corrected chi connectivity index (χ1v) is 7.00. The van der Waals surface area contributed by atoms with E-state index in [0.29, 0.717) is 6.04 Å². The van der Waals surface area contributed by atoms with Crippen molar-refractivity contribution in [3.63, 3.8) is 0 Å². The number of aromatic nitrogens is 1. The molecule has 1 aromatic rings. The van der Waals surface area contributed by atoms with Crippen LogP contribution in [0.4, 0.5) is 0 Å². The van der Waals surface area contributed by atoms with Gasteiger partial charge in [-0.2, -0.15) is 0 Å². The quantitative estimate of drug-likeness (QED) is 0.826. The predicted octanol–water partition coefficient (Wildman–Crippen LogP) is 2.07. The van der Waals surface area contributed by atoms with Crippen LogP contribution in [0.15, 0.2) is 5.38 Å². The van der Waals surface area contributed by atoms with Crippen LogP contribution in [0.25, 0.3) is 0 Å². The molecule has 1 aliphatic rings. The lowest BCUT2D eigenvalue weighted by Crippen LogP contribution is -2.33. The first-order chi connectivity index (χ1) is 7.74. The van der Waals surface area contributed by atoms with E-state index < -0.39 is 0 Å². The van der Waals surface area contributed by atoms with Crippen LogP contribution in [-0.2, 0) is 6.54 Å². The Morgan fingerprint density at radius 3 is 3.19 bits per heavy atom. The molecule has 0 radical (unpaired) electrons. The molecule has 1 aromatic heterocycles. The Morgan fingerprint density at radius 2 is 2.56 bits per heavy atom. The van der Waals surface area contributed by atoms with Gasteiger partial charge in [-0.25, -0.2) is 4.98 Å². The van der Waals surface area contributed by atoms with Gasteiger partial charge in [0.05, 0.1) is 0 Å². The molecule has 1 fully saturated rings. The van der Waals surface area contributed by atoms with Gasteiger partial charge in [-0.3, -0.25) is 0 Å². The summed E-state index contributed by atoms with van der Waals surface area (Å²) < 4.78 is 0. The smallest absolute Gasteiger partial charge is 0.107 e. The third-order valence-corrected chi connectivity index (χ3v) is 4.04. The average molecular weight is 239 g/mol. The van der Waals surface area contributed by atoms with Crippen molar-refractivity contribution < 1.29 is 0 Å². The van der Waals surface area contributed by atoms with Crippen LogP contribution in [0.2, 0.25) is 0 Å². The minimum atomic E-state index is 0.569. The van der Waals surface area contributed by atoms with E-state index in [1.54, 1.807) is 11.3 Å². The Hall–Kier alpha value is -0.450. The zero-order valence-corrected chi connectivity index (χ0v) is 10.9. The number of hydrogen-bond acceptors (Lipinski definition) is 4. The molecule has 0 aliphatic carbocycles. The Balaban J connectivity index is 1.68. The van der Waals surface area contributed by atoms with Crippen molar-refractivity contribution in [1.82, 2.24) is 15.6 Å². The summed E-state index contributed by atoms with van der Waals surface area (Å²) in [4.78, 5) is 4.45. The molecule has 0 amide bonds. The molecule has 2 heterocycles. The molecule has 1 aliphatic heterocycles. The van der Waals surface area contributed by atoms with E-state index in [1.165, 1.54) is 30.8 Å². The Bertz CT molecular complexity index is 318. The monoisotopic (exact) mass is 239 g/mol. The minimum absolute atomic E-state index is 0.569. The fraction of sp³-hybridized carbons (Fsp3) is 0.750. The van der Waals surface area contributed by atoms with E-state index in [0.717, 1.165) is 18.3 Å². The molecule has 3 nitrogen and oxygen atoms in total. The van der Waals surface area contributed by atoms with Crippen LogP contribution < -0.4 is 10.6 Å². The fourth-order valence-corrected chi connectivity index (χ4v) is 2.94. The summed E-state index contributed by atoms with van der Waals surface area (Å²) in [6.45, 7) is 6.42. The molecule has 0 aromatic carbocycles. The second-order valence-electron chi connectivity index (χ2n) is 4.69. The highest BCUT2D eigenvalue weighted by Crippen LogP contribution is 2.12. The second-order valence-corrected chi connectivity index (χ2v) is 5.64. The standard InChI is InChI=1S/C12H21N3S/c1-9(6-11-4-3-5-13-11)14-7-12-15-10(2)8-16-12/h8-9,11,13-14H,3-7H2,1-2H3. The van der Waals surface area contributed by atoms with Crippen LogP contribution in [0.3, 0.4) is 0 Å². The average Bonchev–Trinajstić information content (AvgIpc) is 2.87. The van der Waals surface area contributed by atoms with Gasteiger partial charge in [-0.15, -0.1) is 11.3 Å². The van der Waals surface area contributed by atoms with Crippen molar-refractivity contribution in [3.05, 3.63) is 16.1 Å². The highest BCUT2D eigenvalue weighted by atomic mass is 32.1. The molecule has 90 valence electrons. The summed E-state index contributed by atoms with van der Waals surface area (Å²) in [6.07, 6.45) is 3.90. The summed E-state index contributed by atoms with van der Waals surface area (Å²) in [6, 6.07) is 1.29. The molecule has 16 heavy (non-hydrogen) atoms. The third kappa shape index (κ3) is 3.54. The Kier molecular flexibility index (Phi) is 4.32. The molecule has 1 saturated heterocycles. The SMILES string of the molecule is Cc1csc(CNC(C)CC2CCCN2)n1. The maximum absolute atomic E-state index is 4.45. The van der Waals surface area contributed by atoms with Gasteiger partial charge in [0.1, 0.15) is 5.01 Å². The van der Waals surface area contributed by atoms with Gasteiger partial charge in [0, 0.05) is 29.7 Å². The van der Waals surface area contributed by atoms with E-state index in [1.807, 2.05) is 6.92 Å². The summed E-state index contributed by atoms with van der Waals surface area (Å²) in [5.41, 5.74) is 1.13. The van der Waals surface area contributed by atoms with Gasteiger partial charge in [-0.1, -0.05) is 0 Å². The Morgan fingerprint density at radius 1 is 1.69 bits per heavy atom. The molecular weight excluding hydrogens is 218 g/mol. The van der Waals surface area contributed by atoms with Crippen molar-refractivity contribution in [1.29, 1.82) is 0 Å². The van der Waals surface area contributed by atoms with Gasteiger partial charge in [0.25, 0.3) is 0 Å². The first-order valence-electron chi connectivity index (χ1n) is 6.12. The van der Waals surface area contributed by atoms with Crippen molar-refractivity contribution in [2.45, 2.75) is 51.7 Å². The minimum Gasteiger partial charge on any atom is -0.314 e. The largest absolute Gasteiger partial charge is 0.314 e. The van der Waals surface area contributed by atoms with Crippen molar-refractivity contribution in [3.8, 4) is 0 Å². The number of rotatable bonds is 5. The molecule has 4 heteroatoms. The summed E-state index contributed by atoms with van der Waals surface area (Å²) in [5.74, 6) is 0. The number of nitrogens with one attached hydrogen (secondary N) is 2. The van der Waals surface area contributed by atoms with E-state index in [2.05, 4.69) is 27.9 Å². The highest BCUT2D eigenvalue weighted by Gasteiger charge is 2.16. The van der Waals surface area contributed by atoms with Gasteiger partial charge < -0.3 is 10.6 Å². The van der Waals surface area contributed by atoms with Gasteiger partial charge in [0.2, 0.25) is 0 Å². The first kappa shape index (κ1) is 12.0. The fourth-order valence-electron chi connectivity index (χ4n) is 2.21. The lowest BCUT2D eigenvalue weighted by Gasteiger charge is -2.17. The van der Waals surface area contributed by atoms with Crippen LogP contribution in [-0.4, -0.2) is 23.6 Å². The lowest BCUT2D eigenvalue weighted by molar-refractivity contribution is 0.439. The summed E-state index contributed by atoms with van der Waals surface area (Å²) in [5, 5.41) is 10.4.